The minimum atomic E-state index is 0.274. The van der Waals surface area contributed by atoms with E-state index in [1.807, 2.05) is 30.3 Å². The fourth-order valence-electron chi connectivity index (χ4n) is 1.98. The molecule has 118 valence electrons. The fraction of sp³-hybridized carbons (Fsp3) is 0.556. The van der Waals surface area contributed by atoms with Crippen LogP contribution in [0.5, 0.6) is 5.75 Å². The molecule has 0 unspecified atom stereocenters. The van der Waals surface area contributed by atoms with Gasteiger partial charge in [0.2, 0.25) is 0 Å². The van der Waals surface area contributed by atoms with Crippen LogP contribution < -0.4 is 4.74 Å². The third kappa shape index (κ3) is 9.14. The van der Waals surface area contributed by atoms with E-state index in [0.29, 0.717) is 0 Å². The van der Waals surface area contributed by atoms with E-state index in [1.165, 1.54) is 32.1 Å². The molecule has 1 rings (SSSR count). The monoisotopic (exact) mass is 292 g/mol. The highest BCUT2D eigenvalue weighted by atomic mass is 16.7. The van der Waals surface area contributed by atoms with Crippen LogP contribution >= 0.6 is 0 Å². The molecule has 0 N–H and O–H groups in total. The number of hydrogen-bond acceptors (Lipinski definition) is 3. The van der Waals surface area contributed by atoms with Crippen molar-refractivity contribution in [2.45, 2.75) is 45.4 Å². The topological polar surface area (TPSA) is 27.7 Å². The van der Waals surface area contributed by atoms with Gasteiger partial charge in [0.25, 0.3) is 0 Å². The molecule has 21 heavy (non-hydrogen) atoms. The first kappa shape index (κ1) is 17.6. The maximum Gasteiger partial charge on any atom is 0.187 e. The summed E-state index contributed by atoms with van der Waals surface area (Å²) in [6.45, 7) is 3.32. The molecule has 1 aromatic rings. The van der Waals surface area contributed by atoms with Gasteiger partial charge in [-0.05, 0) is 30.2 Å². The Morgan fingerprint density at radius 1 is 0.952 bits per heavy atom. The van der Waals surface area contributed by atoms with Crippen molar-refractivity contribution >= 4 is 6.08 Å². The number of ether oxygens (including phenoxy) is 3. The van der Waals surface area contributed by atoms with Crippen molar-refractivity contribution in [2.24, 2.45) is 0 Å². The first-order valence-electron chi connectivity index (χ1n) is 7.86. The number of hydrogen-bond donors (Lipinski definition) is 0. The molecule has 0 saturated carbocycles. The molecule has 0 radical (unpaired) electrons. The van der Waals surface area contributed by atoms with E-state index in [2.05, 4.69) is 6.92 Å². The van der Waals surface area contributed by atoms with Gasteiger partial charge in [-0.2, -0.15) is 0 Å². The second-order valence-electron chi connectivity index (χ2n) is 5.06. The van der Waals surface area contributed by atoms with Crippen LogP contribution in [0, 0.1) is 0 Å². The van der Waals surface area contributed by atoms with Gasteiger partial charge >= 0.3 is 0 Å². The van der Waals surface area contributed by atoms with E-state index in [-0.39, 0.29) is 6.79 Å². The van der Waals surface area contributed by atoms with Gasteiger partial charge in [0.05, 0.1) is 12.9 Å². The molecule has 0 atom stereocenters. The van der Waals surface area contributed by atoms with Gasteiger partial charge < -0.3 is 14.2 Å². The van der Waals surface area contributed by atoms with E-state index in [1.54, 1.807) is 13.4 Å². The van der Waals surface area contributed by atoms with Crippen LogP contribution in [0.25, 0.3) is 6.08 Å². The Balaban J connectivity index is 2.14. The van der Waals surface area contributed by atoms with Crippen molar-refractivity contribution in [3.05, 3.63) is 36.1 Å². The largest absolute Gasteiger partial charge is 0.494 e. The summed E-state index contributed by atoms with van der Waals surface area (Å²) in [5, 5.41) is 0. The van der Waals surface area contributed by atoms with Gasteiger partial charge in [-0.3, -0.25) is 0 Å². The number of rotatable bonds is 12. The Kier molecular flexibility index (Phi) is 10.3. The van der Waals surface area contributed by atoms with Crippen LogP contribution in [0.4, 0.5) is 0 Å². The van der Waals surface area contributed by atoms with Crippen LogP contribution in [0.2, 0.25) is 0 Å². The Morgan fingerprint density at radius 2 is 1.67 bits per heavy atom. The summed E-state index contributed by atoms with van der Waals surface area (Å²) in [5.74, 6) is 0.929. The van der Waals surface area contributed by atoms with E-state index >= 15 is 0 Å². The predicted molar refractivity (Wildman–Crippen MR) is 87.3 cm³/mol. The number of benzene rings is 1. The predicted octanol–water partition coefficient (Wildman–Crippen LogP) is 5.02. The smallest absolute Gasteiger partial charge is 0.187 e. The van der Waals surface area contributed by atoms with Crippen molar-refractivity contribution in [3.8, 4) is 5.75 Å². The quantitative estimate of drug-likeness (QED) is 0.308. The number of unbranched alkanes of at least 4 members (excludes halogenated alkanes) is 5. The minimum Gasteiger partial charge on any atom is -0.494 e. The summed E-state index contributed by atoms with van der Waals surface area (Å²) in [4.78, 5) is 0. The maximum atomic E-state index is 5.74. The van der Waals surface area contributed by atoms with Gasteiger partial charge in [0.1, 0.15) is 5.75 Å². The van der Waals surface area contributed by atoms with E-state index in [4.69, 9.17) is 14.2 Å². The highest BCUT2D eigenvalue weighted by molar-refractivity contribution is 5.49. The Morgan fingerprint density at radius 3 is 2.38 bits per heavy atom. The van der Waals surface area contributed by atoms with Gasteiger partial charge in [-0.1, -0.05) is 51.2 Å². The molecule has 0 aliphatic carbocycles. The molecule has 0 amide bonds. The van der Waals surface area contributed by atoms with Gasteiger partial charge in [-0.25, -0.2) is 0 Å². The first-order valence-corrected chi connectivity index (χ1v) is 7.86. The zero-order chi connectivity index (χ0) is 15.2. The standard InChI is InChI=1S/C18H28O3/c1-3-4-5-6-7-8-14-21-18-11-9-17(10-12-18)13-15-20-16-19-2/h9-13,15H,3-8,14,16H2,1-2H3. The minimum absolute atomic E-state index is 0.274. The normalized spacial score (nSPS) is 11.0. The summed E-state index contributed by atoms with van der Waals surface area (Å²) in [5.41, 5.74) is 1.08. The first-order chi connectivity index (χ1) is 10.4. The fourth-order valence-corrected chi connectivity index (χ4v) is 1.98. The molecule has 0 aliphatic rings. The molecule has 0 saturated heterocycles. The Hall–Kier alpha value is -1.48. The number of methoxy groups -OCH3 is 1. The zero-order valence-corrected chi connectivity index (χ0v) is 13.3. The molecule has 0 aromatic heterocycles. The molecular weight excluding hydrogens is 264 g/mol. The van der Waals surface area contributed by atoms with Crippen molar-refractivity contribution in [2.75, 3.05) is 20.5 Å². The summed E-state index contributed by atoms with van der Waals surface area (Å²) < 4.78 is 15.6. The van der Waals surface area contributed by atoms with Crippen LogP contribution in [0.1, 0.15) is 51.0 Å². The second-order valence-corrected chi connectivity index (χ2v) is 5.06. The Bertz CT molecular complexity index is 371. The van der Waals surface area contributed by atoms with Crippen LogP contribution in [-0.4, -0.2) is 20.5 Å². The molecule has 3 nitrogen and oxygen atoms in total. The molecule has 1 aromatic carbocycles. The van der Waals surface area contributed by atoms with E-state index < -0.39 is 0 Å². The maximum absolute atomic E-state index is 5.74. The molecular formula is C18H28O3. The molecule has 0 spiro atoms. The molecule has 0 heterocycles. The summed E-state index contributed by atoms with van der Waals surface area (Å²) >= 11 is 0. The van der Waals surface area contributed by atoms with Crippen molar-refractivity contribution in [1.82, 2.24) is 0 Å². The molecule has 0 fully saturated rings. The lowest BCUT2D eigenvalue weighted by Crippen LogP contribution is -1.97. The molecule has 3 heteroatoms. The van der Waals surface area contributed by atoms with Gasteiger partial charge in [0, 0.05) is 7.11 Å². The highest BCUT2D eigenvalue weighted by Crippen LogP contribution is 2.14. The summed E-state index contributed by atoms with van der Waals surface area (Å²) in [7, 11) is 1.60. The lowest BCUT2D eigenvalue weighted by atomic mass is 10.1. The van der Waals surface area contributed by atoms with E-state index in [0.717, 1.165) is 24.3 Å². The van der Waals surface area contributed by atoms with Crippen molar-refractivity contribution < 1.29 is 14.2 Å². The summed E-state index contributed by atoms with van der Waals surface area (Å²) in [6, 6.07) is 8.02. The average Bonchev–Trinajstić information content (AvgIpc) is 2.52. The SMILES string of the molecule is CCCCCCCCOc1ccc(C=COCOC)cc1. The third-order valence-electron chi connectivity index (χ3n) is 3.19. The second kappa shape index (κ2) is 12.3. The Labute approximate surface area is 128 Å². The van der Waals surface area contributed by atoms with Gasteiger partial charge in [0.15, 0.2) is 6.79 Å². The van der Waals surface area contributed by atoms with Crippen molar-refractivity contribution in [3.63, 3.8) is 0 Å². The lowest BCUT2D eigenvalue weighted by molar-refractivity contribution is 0.0208. The third-order valence-corrected chi connectivity index (χ3v) is 3.19. The average molecular weight is 292 g/mol. The molecule has 0 bridgehead atoms. The lowest BCUT2D eigenvalue weighted by Gasteiger charge is -2.06. The molecule has 0 aliphatic heterocycles. The zero-order valence-electron chi connectivity index (χ0n) is 13.3. The van der Waals surface area contributed by atoms with Crippen molar-refractivity contribution in [1.29, 1.82) is 0 Å². The van der Waals surface area contributed by atoms with Gasteiger partial charge in [-0.15, -0.1) is 0 Å². The van der Waals surface area contributed by atoms with Crippen LogP contribution in [0.3, 0.4) is 0 Å². The van der Waals surface area contributed by atoms with E-state index in [9.17, 15) is 0 Å². The highest BCUT2D eigenvalue weighted by Gasteiger charge is 1.95. The van der Waals surface area contributed by atoms with Crippen LogP contribution in [-0.2, 0) is 9.47 Å². The summed E-state index contributed by atoms with van der Waals surface area (Å²) in [6.07, 6.45) is 11.3. The van der Waals surface area contributed by atoms with Crippen LogP contribution in [0.15, 0.2) is 30.5 Å².